The van der Waals surface area contributed by atoms with E-state index in [-0.39, 0.29) is 17.9 Å². The summed E-state index contributed by atoms with van der Waals surface area (Å²) in [7, 11) is 0. The van der Waals surface area contributed by atoms with E-state index in [2.05, 4.69) is 23.1 Å². The summed E-state index contributed by atoms with van der Waals surface area (Å²) in [5.74, 6) is 0.281. The first-order valence-electron chi connectivity index (χ1n) is 8.79. The van der Waals surface area contributed by atoms with Gasteiger partial charge in [0.2, 0.25) is 5.91 Å². The SMILES string of the molecule is CCCn1cc(CN2CCCN(C(=O)[C@@H](N)C(C)C)CC2)cn1. The highest BCUT2D eigenvalue weighted by molar-refractivity contribution is 5.81. The molecule has 6 nitrogen and oxygen atoms in total. The minimum absolute atomic E-state index is 0.0950. The number of nitrogens with two attached hydrogens (primary N) is 1. The Morgan fingerprint density at radius 1 is 1.30 bits per heavy atom. The Bertz CT molecular complexity index is 499. The lowest BCUT2D eigenvalue weighted by Crippen LogP contribution is -2.47. The van der Waals surface area contributed by atoms with E-state index in [0.29, 0.717) is 0 Å². The highest BCUT2D eigenvalue weighted by Crippen LogP contribution is 2.11. The fraction of sp³-hybridized carbons (Fsp3) is 0.765. The molecule has 0 bridgehead atoms. The molecule has 1 fully saturated rings. The first-order chi connectivity index (χ1) is 11.0. The zero-order valence-corrected chi connectivity index (χ0v) is 14.7. The van der Waals surface area contributed by atoms with Crippen molar-refractivity contribution in [2.75, 3.05) is 26.2 Å². The van der Waals surface area contributed by atoms with Gasteiger partial charge in [-0.1, -0.05) is 20.8 Å². The average Bonchev–Trinajstić information content (AvgIpc) is 2.82. The van der Waals surface area contributed by atoms with Crippen molar-refractivity contribution in [1.29, 1.82) is 0 Å². The number of hydrogen-bond donors (Lipinski definition) is 1. The number of rotatable bonds is 6. The van der Waals surface area contributed by atoms with Crippen LogP contribution in [0, 0.1) is 5.92 Å². The van der Waals surface area contributed by atoms with Crippen molar-refractivity contribution >= 4 is 5.91 Å². The molecule has 1 aromatic rings. The molecule has 1 atom stereocenters. The zero-order valence-electron chi connectivity index (χ0n) is 14.7. The third-order valence-corrected chi connectivity index (χ3v) is 4.45. The van der Waals surface area contributed by atoms with Crippen LogP contribution in [0.2, 0.25) is 0 Å². The molecule has 1 saturated heterocycles. The Labute approximate surface area is 139 Å². The van der Waals surface area contributed by atoms with Crippen molar-refractivity contribution in [1.82, 2.24) is 19.6 Å². The van der Waals surface area contributed by atoms with Gasteiger partial charge in [0.05, 0.1) is 12.2 Å². The van der Waals surface area contributed by atoms with Gasteiger partial charge in [-0.3, -0.25) is 14.4 Å². The molecular formula is C17H31N5O. The maximum Gasteiger partial charge on any atom is 0.239 e. The summed E-state index contributed by atoms with van der Waals surface area (Å²) >= 11 is 0. The molecule has 0 saturated carbocycles. The lowest BCUT2D eigenvalue weighted by molar-refractivity contribution is -0.133. The molecule has 0 unspecified atom stereocenters. The maximum atomic E-state index is 12.4. The number of amides is 1. The molecule has 1 aliphatic rings. The minimum Gasteiger partial charge on any atom is -0.340 e. The van der Waals surface area contributed by atoms with Gasteiger partial charge >= 0.3 is 0 Å². The Balaban J connectivity index is 1.86. The van der Waals surface area contributed by atoms with E-state index in [1.807, 2.05) is 29.6 Å². The van der Waals surface area contributed by atoms with Crippen LogP contribution in [0.5, 0.6) is 0 Å². The lowest BCUT2D eigenvalue weighted by atomic mass is 10.0. The smallest absolute Gasteiger partial charge is 0.239 e. The molecule has 0 spiro atoms. The number of carbonyl (C=O) groups is 1. The van der Waals surface area contributed by atoms with Gasteiger partial charge in [-0.15, -0.1) is 0 Å². The number of aromatic nitrogens is 2. The van der Waals surface area contributed by atoms with Crippen molar-refractivity contribution in [3.8, 4) is 0 Å². The maximum absolute atomic E-state index is 12.4. The van der Waals surface area contributed by atoms with Crippen LogP contribution < -0.4 is 5.73 Å². The van der Waals surface area contributed by atoms with Gasteiger partial charge in [0, 0.05) is 51.0 Å². The second-order valence-electron chi connectivity index (χ2n) is 6.84. The highest BCUT2D eigenvalue weighted by Gasteiger charge is 2.25. The summed E-state index contributed by atoms with van der Waals surface area (Å²) in [6.45, 7) is 11.5. The Morgan fingerprint density at radius 2 is 2.09 bits per heavy atom. The summed E-state index contributed by atoms with van der Waals surface area (Å²) in [5, 5.41) is 4.39. The number of hydrogen-bond acceptors (Lipinski definition) is 4. The monoisotopic (exact) mass is 321 g/mol. The highest BCUT2D eigenvalue weighted by atomic mass is 16.2. The van der Waals surface area contributed by atoms with E-state index < -0.39 is 0 Å². The van der Waals surface area contributed by atoms with Gasteiger partial charge in [0.15, 0.2) is 0 Å². The van der Waals surface area contributed by atoms with Crippen LogP contribution >= 0.6 is 0 Å². The summed E-state index contributed by atoms with van der Waals surface area (Å²) in [5.41, 5.74) is 7.26. The van der Waals surface area contributed by atoms with E-state index in [4.69, 9.17) is 5.73 Å². The first kappa shape index (κ1) is 17.9. The number of nitrogens with zero attached hydrogens (tertiary/aromatic N) is 4. The second-order valence-corrected chi connectivity index (χ2v) is 6.84. The fourth-order valence-electron chi connectivity index (χ4n) is 2.94. The van der Waals surface area contributed by atoms with Crippen molar-refractivity contribution in [3.05, 3.63) is 18.0 Å². The largest absolute Gasteiger partial charge is 0.340 e. The van der Waals surface area contributed by atoms with Crippen LogP contribution in [0.3, 0.4) is 0 Å². The summed E-state index contributed by atoms with van der Waals surface area (Å²) in [6, 6.07) is -0.381. The van der Waals surface area contributed by atoms with Crippen LogP contribution in [0.25, 0.3) is 0 Å². The van der Waals surface area contributed by atoms with Crippen LogP contribution in [-0.2, 0) is 17.9 Å². The normalized spacial score (nSPS) is 18.2. The fourth-order valence-corrected chi connectivity index (χ4v) is 2.94. The molecular weight excluding hydrogens is 290 g/mol. The summed E-state index contributed by atoms with van der Waals surface area (Å²) < 4.78 is 2.00. The third kappa shape index (κ3) is 5.04. The minimum atomic E-state index is -0.381. The average molecular weight is 321 g/mol. The van der Waals surface area contributed by atoms with E-state index in [0.717, 1.165) is 52.1 Å². The lowest BCUT2D eigenvalue weighted by Gasteiger charge is -2.26. The van der Waals surface area contributed by atoms with E-state index >= 15 is 0 Å². The van der Waals surface area contributed by atoms with Crippen molar-refractivity contribution < 1.29 is 4.79 Å². The Kier molecular flexibility index (Phi) is 6.59. The standard InChI is InChI=1S/C17H31N5O/c1-4-6-22-13-15(11-19-22)12-20-7-5-8-21(10-9-20)17(23)16(18)14(2)3/h11,13-14,16H,4-10,12,18H2,1-3H3/t16-/m0/s1. The van der Waals surface area contributed by atoms with Gasteiger partial charge < -0.3 is 10.6 Å². The van der Waals surface area contributed by atoms with Crippen LogP contribution in [0.15, 0.2) is 12.4 Å². The number of aryl methyl sites for hydroxylation is 1. The van der Waals surface area contributed by atoms with Crippen LogP contribution in [-0.4, -0.2) is 57.7 Å². The van der Waals surface area contributed by atoms with E-state index in [1.54, 1.807) is 0 Å². The molecule has 2 heterocycles. The van der Waals surface area contributed by atoms with Crippen LogP contribution in [0.1, 0.15) is 39.2 Å². The predicted molar refractivity (Wildman–Crippen MR) is 91.8 cm³/mol. The van der Waals surface area contributed by atoms with E-state index in [9.17, 15) is 4.79 Å². The topological polar surface area (TPSA) is 67.4 Å². The third-order valence-electron chi connectivity index (χ3n) is 4.45. The molecule has 0 aliphatic carbocycles. The molecule has 2 rings (SSSR count). The zero-order chi connectivity index (χ0) is 16.8. The van der Waals surface area contributed by atoms with Gasteiger partial charge in [-0.05, 0) is 18.8 Å². The van der Waals surface area contributed by atoms with Crippen molar-refractivity contribution in [2.24, 2.45) is 11.7 Å². The van der Waals surface area contributed by atoms with Crippen LogP contribution in [0.4, 0.5) is 0 Å². The molecule has 0 radical (unpaired) electrons. The number of carbonyl (C=O) groups excluding carboxylic acids is 1. The Hall–Kier alpha value is -1.40. The summed E-state index contributed by atoms with van der Waals surface area (Å²) in [6.07, 6.45) is 6.18. The van der Waals surface area contributed by atoms with Crippen molar-refractivity contribution in [3.63, 3.8) is 0 Å². The molecule has 23 heavy (non-hydrogen) atoms. The molecule has 130 valence electrons. The molecule has 0 aromatic carbocycles. The van der Waals surface area contributed by atoms with E-state index in [1.165, 1.54) is 5.56 Å². The molecule has 1 amide bonds. The van der Waals surface area contributed by atoms with Gasteiger partial charge in [-0.2, -0.15) is 5.10 Å². The molecule has 1 aliphatic heterocycles. The molecule has 6 heteroatoms. The second kappa shape index (κ2) is 8.45. The van der Waals surface area contributed by atoms with Gasteiger partial charge in [0.1, 0.15) is 0 Å². The first-order valence-corrected chi connectivity index (χ1v) is 8.79. The molecule has 2 N–H and O–H groups in total. The predicted octanol–water partition coefficient (Wildman–Crippen LogP) is 1.31. The quantitative estimate of drug-likeness (QED) is 0.858. The van der Waals surface area contributed by atoms with Gasteiger partial charge in [-0.25, -0.2) is 0 Å². The molecule has 1 aromatic heterocycles. The van der Waals surface area contributed by atoms with Gasteiger partial charge in [0.25, 0.3) is 0 Å². The van der Waals surface area contributed by atoms with Crippen molar-refractivity contribution in [2.45, 2.75) is 52.7 Å². The Morgan fingerprint density at radius 3 is 2.78 bits per heavy atom. The summed E-state index contributed by atoms with van der Waals surface area (Å²) in [4.78, 5) is 16.7.